The number of rotatable bonds is 2. The minimum atomic E-state index is 0.351. The van der Waals surface area contributed by atoms with Crippen molar-refractivity contribution in [2.24, 2.45) is 5.73 Å². The Bertz CT molecular complexity index is 354. The zero-order chi connectivity index (χ0) is 10.8. The lowest BCUT2D eigenvalue weighted by atomic mass is 10.1. The number of ether oxygens (including phenoxy) is 1. The molecule has 4 nitrogen and oxygen atoms in total. The Labute approximate surface area is 89.8 Å². The average Bonchev–Trinajstić information content (AvgIpc) is 2.23. The average molecular weight is 207 g/mol. The van der Waals surface area contributed by atoms with E-state index >= 15 is 0 Å². The first-order valence-electron chi connectivity index (χ1n) is 5.17. The molecule has 0 saturated heterocycles. The third-order valence-electron chi connectivity index (χ3n) is 2.84. The highest BCUT2D eigenvalue weighted by Crippen LogP contribution is 2.34. The van der Waals surface area contributed by atoms with Crippen molar-refractivity contribution in [2.45, 2.75) is 12.5 Å². The van der Waals surface area contributed by atoms with Crippen LogP contribution in [0.3, 0.4) is 0 Å². The largest absolute Gasteiger partial charge is 0.489 e. The molecule has 4 N–H and O–H groups in total. The van der Waals surface area contributed by atoms with Crippen LogP contribution in [0.4, 0.5) is 11.4 Å². The Balaban J connectivity index is 2.28. The smallest absolute Gasteiger partial charge is 0.142 e. The summed E-state index contributed by atoms with van der Waals surface area (Å²) in [4.78, 5) is 2.20. The minimum Gasteiger partial charge on any atom is -0.489 e. The van der Waals surface area contributed by atoms with E-state index in [0.29, 0.717) is 19.2 Å². The number of benzene rings is 1. The molecule has 0 amide bonds. The Hall–Kier alpha value is -1.42. The van der Waals surface area contributed by atoms with Gasteiger partial charge in [0.15, 0.2) is 0 Å². The number of hydrogen-bond acceptors (Lipinski definition) is 4. The summed E-state index contributed by atoms with van der Waals surface area (Å²) in [6, 6.07) is 6.07. The van der Waals surface area contributed by atoms with Gasteiger partial charge in [-0.1, -0.05) is 0 Å². The van der Waals surface area contributed by atoms with Crippen LogP contribution in [-0.4, -0.2) is 26.2 Å². The van der Waals surface area contributed by atoms with E-state index in [9.17, 15) is 0 Å². The van der Waals surface area contributed by atoms with Gasteiger partial charge in [-0.15, -0.1) is 0 Å². The number of fused-ring (bicyclic) bond motifs is 1. The SMILES string of the molecule is CN1c2cc(N)ccc2OCC1CCN. The number of nitrogens with two attached hydrogens (primary N) is 2. The van der Waals surface area contributed by atoms with E-state index in [4.69, 9.17) is 16.2 Å². The minimum absolute atomic E-state index is 0.351. The molecule has 0 spiro atoms. The molecule has 1 aliphatic rings. The summed E-state index contributed by atoms with van der Waals surface area (Å²) in [6.07, 6.45) is 0.935. The van der Waals surface area contributed by atoms with Crippen LogP contribution in [-0.2, 0) is 0 Å². The number of hydrogen-bond donors (Lipinski definition) is 2. The maximum atomic E-state index is 5.76. The predicted octanol–water partition coefficient (Wildman–Crippen LogP) is 0.815. The van der Waals surface area contributed by atoms with Crippen LogP contribution in [0, 0.1) is 0 Å². The highest BCUT2D eigenvalue weighted by molar-refractivity contribution is 5.66. The van der Waals surface area contributed by atoms with Gasteiger partial charge in [-0.3, -0.25) is 0 Å². The first-order valence-corrected chi connectivity index (χ1v) is 5.17. The Morgan fingerprint density at radius 1 is 1.53 bits per heavy atom. The fourth-order valence-corrected chi connectivity index (χ4v) is 1.90. The fraction of sp³-hybridized carbons (Fsp3) is 0.455. The summed E-state index contributed by atoms with van der Waals surface area (Å²) >= 11 is 0. The molecule has 0 aliphatic carbocycles. The molecule has 1 aromatic rings. The molecule has 0 fully saturated rings. The van der Waals surface area contributed by atoms with Gasteiger partial charge >= 0.3 is 0 Å². The molecule has 4 heteroatoms. The van der Waals surface area contributed by atoms with E-state index in [-0.39, 0.29) is 0 Å². The van der Waals surface area contributed by atoms with Crippen LogP contribution in [0.2, 0.25) is 0 Å². The monoisotopic (exact) mass is 207 g/mol. The second-order valence-corrected chi connectivity index (χ2v) is 3.88. The summed E-state index contributed by atoms with van der Waals surface area (Å²) in [5, 5.41) is 0. The second-order valence-electron chi connectivity index (χ2n) is 3.88. The molecular formula is C11H17N3O. The van der Waals surface area contributed by atoms with Crippen LogP contribution >= 0.6 is 0 Å². The highest BCUT2D eigenvalue weighted by Gasteiger charge is 2.23. The predicted molar refractivity (Wildman–Crippen MR) is 62.2 cm³/mol. The molecule has 1 aromatic carbocycles. The van der Waals surface area contributed by atoms with Gasteiger partial charge in [0.1, 0.15) is 12.4 Å². The van der Waals surface area contributed by atoms with Crippen LogP contribution in [0.15, 0.2) is 18.2 Å². The third kappa shape index (κ3) is 1.85. The summed E-state index contributed by atoms with van der Waals surface area (Å²) < 4.78 is 5.66. The van der Waals surface area contributed by atoms with E-state index in [1.165, 1.54) is 0 Å². The van der Waals surface area contributed by atoms with Gasteiger partial charge in [0.05, 0.1) is 11.7 Å². The summed E-state index contributed by atoms with van der Waals surface area (Å²) in [5.74, 6) is 0.903. The van der Waals surface area contributed by atoms with Crippen molar-refractivity contribution in [1.82, 2.24) is 0 Å². The molecule has 1 heterocycles. The maximum absolute atomic E-state index is 5.76. The molecular weight excluding hydrogens is 190 g/mol. The quantitative estimate of drug-likeness (QED) is 0.704. The summed E-state index contributed by atoms with van der Waals surface area (Å²) in [7, 11) is 2.06. The molecule has 15 heavy (non-hydrogen) atoms. The lowest BCUT2D eigenvalue weighted by Crippen LogP contribution is -2.41. The highest BCUT2D eigenvalue weighted by atomic mass is 16.5. The molecule has 1 atom stereocenters. The van der Waals surface area contributed by atoms with Gasteiger partial charge in [-0.25, -0.2) is 0 Å². The van der Waals surface area contributed by atoms with Gasteiger partial charge < -0.3 is 21.1 Å². The van der Waals surface area contributed by atoms with E-state index < -0.39 is 0 Å². The van der Waals surface area contributed by atoms with Crippen LogP contribution in [0.25, 0.3) is 0 Å². The fourth-order valence-electron chi connectivity index (χ4n) is 1.90. The van der Waals surface area contributed by atoms with Crippen LogP contribution in [0.1, 0.15) is 6.42 Å². The van der Waals surface area contributed by atoms with Gasteiger partial charge in [0.2, 0.25) is 0 Å². The van der Waals surface area contributed by atoms with Crippen molar-refractivity contribution in [3.63, 3.8) is 0 Å². The number of likely N-dealkylation sites (N-methyl/N-ethyl adjacent to an activating group) is 1. The topological polar surface area (TPSA) is 64.5 Å². The molecule has 1 unspecified atom stereocenters. The van der Waals surface area contributed by atoms with Crippen LogP contribution < -0.4 is 21.1 Å². The molecule has 1 aliphatic heterocycles. The maximum Gasteiger partial charge on any atom is 0.142 e. The zero-order valence-electron chi connectivity index (χ0n) is 8.94. The van der Waals surface area contributed by atoms with Crippen molar-refractivity contribution in [1.29, 1.82) is 0 Å². The van der Waals surface area contributed by atoms with Crippen molar-refractivity contribution in [3.8, 4) is 5.75 Å². The summed E-state index contributed by atoms with van der Waals surface area (Å²) in [6.45, 7) is 1.38. The molecule has 0 saturated carbocycles. The lowest BCUT2D eigenvalue weighted by Gasteiger charge is -2.35. The molecule has 82 valence electrons. The standard InChI is InChI=1S/C11H17N3O/c1-14-9(4-5-12)7-15-11-3-2-8(13)6-10(11)14/h2-3,6,9H,4-5,7,12-13H2,1H3. The zero-order valence-corrected chi connectivity index (χ0v) is 8.94. The van der Waals surface area contributed by atoms with Gasteiger partial charge in [0.25, 0.3) is 0 Å². The van der Waals surface area contributed by atoms with Crippen molar-refractivity contribution in [3.05, 3.63) is 18.2 Å². The van der Waals surface area contributed by atoms with Crippen molar-refractivity contribution in [2.75, 3.05) is 30.8 Å². The van der Waals surface area contributed by atoms with E-state index in [2.05, 4.69) is 11.9 Å². The van der Waals surface area contributed by atoms with E-state index in [1.807, 2.05) is 18.2 Å². The van der Waals surface area contributed by atoms with Crippen LogP contribution in [0.5, 0.6) is 5.75 Å². The Morgan fingerprint density at radius 2 is 2.33 bits per heavy atom. The molecule has 0 bridgehead atoms. The third-order valence-corrected chi connectivity index (χ3v) is 2.84. The molecule has 0 aromatic heterocycles. The normalized spacial score (nSPS) is 19.6. The number of anilines is 2. The summed E-state index contributed by atoms with van der Waals surface area (Å²) in [5.41, 5.74) is 13.1. The second kappa shape index (κ2) is 3.98. The first kappa shape index (κ1) is 10.1. The van der Waals surface area contributed by atoms with Gasteiger partial charge in [-0.2, -0.15) is 0 Å². The van der Waals surface area contributed by atoms with E-state index in [0.717, 1.165) is 23.5 Å². The van der Waals surface area contributed by atoms with Crippen molar-refractivity contribution < 1.29 is 4.74 Å². The first-order chi connectivity index (χ1) is 7.22. The van der Waals surface area contributed by atoms with E-state index in [1.54, 1.807) is 0 Å². The Kier molecular flexibility index (Phi) is 2.68. The van der Waals surface area contributed by atoms with Crippen molar-refractivity contribution >= 4 is 11.4 Å². The lowest BCUT2D eigenvalue weighted by molar-refractivity contribution is 0.261. The van der Waals surface area contributed by atoms with Gasteiger partial charge in [0, 0.05) is 12.7 Å². The molecule has 0 radical (unpaired) electrons. The molecule has 2 rings (SSSR count). The number of nitrogens with zero attached hydrogens (tertiary/aromatic N) is 1. The number of nitrogen functional groups attached to an aromatic ring is 1. The Morgan fingerprint density at radius 3 is 3.07 bits per heavy atom. The van der Waals surface area contributed by atoms with Gasteiger partial charge in [-0.05, 0) is 31.2 Å².